The number of nitrogens with zero attached hydrogens (tertiary/aromatic N) is 1. The number of carbonyl (C=O) groups excluding carboxylic acids is 1. The smallest absolute Gasteiger partial charge is 0.264 e. The van der Waals surface area contributed by atoms with E-state index in [2.05, 4.69) is 17.2 Å². The van der Waals surface area contributed by atoms with Crippen LogP contribution in [-0.4, -0.2) is 22.8 Å². The zero-order valence-electron chi connectivity index (χ0n) is 14.7. The number of thioether (sulfide) groups is 1. The highest BCUT2D eigenvalue weighted by Crippen LogP contribution is 2.32. The minimum Gasteiger partial charge on any atom is -0.506 e. The summed E-state index contributed by atoms with van der Waals surface area (Å²) in [4.78, 5) is 17.0. The molecule has 0 aromatic heterocycles. The fourth-order valence-electron chi connectivity index (χ4n) is 2.35. The molecule has 134 valence electrons. The molecule has 2 aromatic rings. The molecule has 0 aliphatic carbocycles. The minimum absolute atomic E-state index is 0.0902. The van der Waals surface area contributed by atoms with Crippen LogP contribution in [0.4, 0.5) is 5.69 Å². The number of ether oxygens (including phenoxy) is 1. The van der Waals surface area contributed by atoms with E-state index < -0.39 is 0 Å². The summed E-state index contributed by atoms with van der Waals surface area (Å²) in [7, 11) is 0. The quantitative estimate of drug-likeness (QED) is 0.768. The first-order chi connectivity index (χ1) is 12.5. The fraction of sp³-hybridized carbons (Fsp3) is 0.200. The highest BCUT2D eigenvalue weighted by atomic mass is 32.2. The Labute approximate surface area is 156 Å². The maximum absolute atomic E-state index is 12.2. The van der Waals surface area contributed by atoms with E-state index in [4.69, 9.17) is 4.74 Å². The van der Waals surface area contributed by atoms with Crippen LogP contribution in [0, 0.1) is 6.92 Å². The van der Waals surface area contributed by atoms with E-state index in [1.165, 1.54) is 11.8 Å². The highest BCUT2D eigenvalue weighted by Gasteiger charge is 2.24. The zero-order valence-corrected chi connectivity index (χ0v) is 15.5. The summed E-state index contributed by atoms with van der Waals surface area (Å²) in [5.74, 6) is 0.703. The summed E-state index contributed by atoms with van der Waals surface area (Å²) in [6.45, 7) is 4.64. The lowest BCUT2D eigenvalue weighted by molar-refractivity contribution is -0.115. The lowest BCUT2D eigenvalue weighted by atomic mass is 10.2. The fourth-order valence-corrected chi connectivity index (χ4v) is 3.18. The Morgan fingerprint density at radius 2 is 2.00 bits per heavy atom. The molecule has 2 aromatic carbocycles. The van der Waals surface area contributed by atoms with E-state index in [1.54, 1.807) is 18.2 Å². The second kappa shape index (κ2) is 8.10. The van der Waals surface area contributed by atoms with Crippen molar-refractivity contribution in [2.45, 2.75) is 20.3 Å². The maximum atomic E-state index is 12.2. The first-order valence-corrected chi connectivity index (χ1v) is 9.19. The van der Waals surface area contributed by atoms with Crippen molar-refractivity contribution < 1.29 is 14.6 Å². The molecule has 1 fully saturated rings. The van der Waals surface area contributed by atoms with E-state index in [9.17, 15) is 9.90 Å². The number of amides is 1. The Balaban J connectivity index is 1.74. The van der Waals surface area contributed by atoms with Gasteiger partial charge in [-0.1, -0.05) is 25.1 Å². The summed E-state index contributed by atoms with van der Waals surface area (Å²) in [5.41, 5.74) is 2.28. The molecule has 2 N–H and O–H groups in total. The number of hydrogen-bond donors (Lipinski definition) is 2. The molecular formula is C20H20N2O3S. The lowest BCUT2D eigenvalue weighted by Gasteiger charge is -2.04. The third-order valence-electron chi connectivity index (χ3n) is 3.65. The van der Waals surface area contributed by atoms with E-state index >= 15 is 0 Å². The summed E-state index contributed by atoms with van der Waals surface area (Å²) in [5, 5.41) is 13.1. The molecule has 0 bridgehead atoms. The van der Waals surface area contributed by atoms with E-state index in [1.807, 2.05) is 37.3 Å². The molecule has 1 aliphatic heterocycles. The van der Waals surface area contributed by atoms with Crippen molar-refractivity contribution in [3.05, 3.63) is 58.5 Å². The summed E-state index contributed by atoms with van der Waals surface area (Å²) < 4.78 is 5.56. The van der Waals surface area contributed by atoms with E-state index in [-0.39, 0.29) is 11.7 Å². The number of rotatable bonds is 5. The van der Waals surface area contributed by atoms with Crippen molar-refractivity contribution in [3.8, 4) is 11.5 Å². The zero-order chi connectivity index (χ0) is 18.5. The Bertz CT molecular complexity index is 873. The lowest BCUT2D eigenvalue weighted by Crippen LogP contribution is -2.19. The van der Waals surface area contributed by atoms with Crippen LogP contribution in [0.15, 0.2) is 52.4 Å². The number of amidine groups is 1. The topological polar surface area (TPSA) is 70.9 Å². The van der Waals surface area contributed by atoms with E-state index in [0.717, 1.165) is 23.3 Å². The maximum Gasteiger partial charge on any atom is 0.264 e. The molecule has 1 saturated heterocycles. The van der Waals surface area contributed by atoms with Gasteiger partial charge in [0.25, 0.3) is 5.91 Å². The van der Waals surface area contributed by atoms with Gasteiger partial charge in [-0.25, -0.2) is 4.99 Å². The van der Waals surface area contributed by atoms with Gasteiger partial charge in [-0.15, -0.1) is 0 Å². The second-order valence-corrected chi connectivity index (χ2v) is 6.92. The van der Waals surface area contributed by atoms with Crippen LogP contribution in [-0.2, 0) is 4.79 Å². The number of aromatic hydroxyl groups is 1. The number of aliphatic imine (C=N–C) groups is 1. The molecule has 0 saturated carbocycles. The van der Waals surface area contributed by atoms with Crippen LogP contribution in [0.1, 0.15) is 24.5 Å². The molecular weight excluding hydrogens is 348 g/mol. The number of aryl methyl sites for hydroxylation is 1. The third kappa shape index (κ3) is 4.46. The first kappa shape index (κ1) is 18.1. The summed E-state index contributed by atoms with van der Waals surface area (Å²) in [6, 6.07) is 12.8. The average Bonchev–Trinajstić information content (AvgIpc) is 2.96. The van der Waals surface area contributed by atoms with Crippen LogP contribution >= 0.6 is 11.8 Å². The molecule has 26 heavy (non-hydrogen) atoms. The molecule has 0 unspecified atom stereocenters. The first-order valence-electron chi connectivity index (χ1n) is 8.37. The van der Waals surface area contributed by atoms with Gasteiger partial charge >= 0.3 is 0 Å². The second-order valence-electron chi connectivity index (χ2n) is 5.89. The Hall–Kier alpha value is -2.73. The molecule has 3 rings (SSSR count). The van der Waals surface area contributed by atoms with Gasteiger partial charge < -0.3 is 15.2 Å². The number of nitrogens with one attached hydrogen (secondary N) is 1. The molecule has 0 spiro atoms. The molecule has 1 heterocycles. The van der Waals surface area contributed by atoms with Gasteiger partial charge in [0.05, 0.1) is 11.5 Å². The highest BCUT2D eigenvalue weighted by molar-refractivity contribution is 8.18. The molecule has 6 heteroatoms. The number of phenols is 1. The Kier molecular flexibility index (Phi) is 5.63. The molecule has 1 aliphatic rings. The normalized spacial score (nSPS) is 16.9. The van der Waals surface area contributed by atoms with Crippen molar-refractivity contribution in [2.24, 2.45) is 4.99 Å². The van der Waals surface area contributed by atoms with Crippen molar-refractivity contribution in [1.82, 2.24) is 5.32 Å². The SMILES string of the molecule is CCCOc1ccc(/C=C2\SC(=Nc3ccc(C)cc3O)NC2=O)cc1. The van der Waals surface area contributed by atoms with Gasteiger partial charge in [-0.2, -0.15) is 0 Å². The summed E-state index contributed by atoms with van der Waals surface area (Å²) in [6.07, 6.45) is 2.77. The monoisotopic (exact) mass is 368 g/mol. The number of benzene rings is 2. The van der Waals surface area contributed by atoms with Crippen molar-refractivity contribution in [1.29, 1.82) is 0 Å². The van der Waals surface area contributed by atoms with Crippen LogP contribution in [0.2, 0.25) is 0 Å². The van der Waals surface area contributed by atoms with E-state index in [0.29, 0.717) is 22.4 Å². The predicted octanol–water partition coefficient (Wildman–Crippen LogP) is 4.38. The van der Waals surface area contributed by atoms with Gasteiger partial charge in [0.1, 0.15) is 17.2 Å². The Morgan fingerprint density at radius 1 is 1.23 bits per heavy atom. The molecule has 0 atom stereocenters. The van der Waals surface area contributed by atoms with Crippen LogP contribution < -0.4 is 10.1 Å². The molecule has 5 nitrogen and oxygen atoms in total. The minimum atomic E-state index is -0.202. The van der Waals surface area contributed by atoms with Crippen molar-refractivity contribution >= 4 is 34.6 Å². The van der Waals surface area contributed by atoms with Gasteiger partial charge in [-0.05, 0) is 66.6 Å². The molecule has 1 amide bonds. The van der Waals surface area contributed by atoms with Crippen LogP contribution in [0.5, 0.6) is 11.5 Å². The predicted molar refractivity (Wildman–Crippen MR) is 106 cm³/mol. The third-order valence-corrected chi connectivity index (χ3v) is 4.56. The number of phenolic OH excluding ortho intramolecular Hbond substituents is 1. The van der Waals surface area contributed by atoms with Gasteiger partial charge in [0.15, 0.2) is 5.17 Å². The average molecular weight is 368 g/mol. The summed E-state index contributed by atoms with van der Waals surface area (Å²) >= 11 is 1.25. The van der Waals surface area contributed by atoms with Crippen LogP contribution in [0.25, 0.3) is 6.08 Å². The van der Waals surface area contributed by atoms with Crippen LogP contribution in [0.3, 0.4) is 0 Å². The van der Waals surface area contributed by atoms with Gasteiger partial charge in [-0.3, -0.25) is 4.79 Å². The largest absolute Gasteiger partial charge is 0.506 e. The standard InChI is InChI=1S/C20H20N2O3S/c1-3-10-25-15-7-5-14(6-8-15)12-18-19(24)22-20(26-18)21-16-9-4-13(2)11-17(16)23/h4-9,11-12,23H,3,10H2,1-2H3,(H,21,22,24)/b18-12-. The van der Waals surface area contributed by atoms with Crippen molar-refractivity contribution in [2.75, 3.05) is 6.61 Å². The van der Waals surface area contributed by atoms with Gasteiger partial charge in [0, 0.05) is 0 Å². The molecule has 0 radical (unpaired) electrons. The number of carbonyl (C=O) groups is 1. The van der Waals surface area contributed by atoms with Crippen molar-refractivity contribution in [3.63, 3.8) is 0 Å². The number of hydrogen-bond acceptors (Lipinski definition) is 5. The van der Waals surface area contributed by atoms with Gasteiger partial charge in [0.2, 0.25) is 0 Å². The Morgan fingerprint density at radius 3 is 2.69 bits per heavy atom.